The molecule has 0 atom stereocenters. The van der Waals surface area contributed by atoms with Crippen molar-refractivity contribution in [3.05, 3.63) is 34.2 Å². The number of H-pyrrole nitrogens is 1. The van der Waals surface area contributed by atoms with Crippen LogP contribution in [0.25, 0.3) is 0 Å². The van der Waals surface area contributed by atoms with Crippen LogP contribution in [0.4, 0.5) is 0 Å². The molecule has 1 aliphatic carbocycles. The Labute approximate surface area is 116 Å². The van der Waals surface area contributed by atoms with Crippen LogP contribution < -0.4 is 11.3 Å². The van der Waals surface area contributed by atoms with E-state index in [1.54, 1.807) is 11.0 Å². The molecule has 1 fully saturated rings. The van der Waals surface area contributed by atoms with E-state index in [9.17, 15) is 9.59 Å². The lowest BCUT2D eigenvalue weighted by atomic mass is 10.1. The van der Waals surface area contributed by atoms with Crippen LogP contribution in [0.2, 0.25) is 0 Å². The highest BCUT2D eigenvalue weighted by atomic mass is 32.1. The van der Waals surface area contributed by atoms with Crippen LogP contribution in [0.1, 0.15) is 36.0 Å². The van der Waals surface area contributed by atoms with Gasteiger partial charge in [0.15, 0.2) is 0 Å². The minimum Gasteiger partial charge on any atom is -0.392 e. The van der Waals surface area contributed by atoms with E-state index in [-0.39, 0.29) is 24.1 Å². The Morgan fingerprint density at radius 2 is 2.16 bits per heavy atom. The minimum absolute atomic E-state index is 0.174. The molecule has 0 saturated heterocycles. The summed E-state index contributed by atoms with van der Waals surface area (Å²) < 4.78 is 0. The van der Waals surface area contributed by atoms with Crippen molar-refractivity contribution in [2.75, 3.05) is 6.54 Å². The molecule has 1 aromatic rings. The summed E-state index contributed by atoms with van der Waals surface area (Å²) in [6, 6.07) is 3.09. The number of nitrogens with one attached hydrogen (secondary N) is 1. The van der Waals surface area contributed by atoms with E-state index in [1.165, 1.54) is 12.3 Å². The van der Waals surface area contributed by atoms with Gasteiger partial charge in [0.05, 0.1) is 11.5 Å². The first-order chi connectivity index (χ1) is 9.08. The van der Waals surface area contributed by atoms with Gasteiger partial charge in [-0.25, -0.2) is 0 Å². The van der Waals surface area contributed by atoms with Gasteiger partial charge >= 0.3 is 0 Å². The van der Waals surface area contributed by atoms with Crippen molar-refractivity contribution in [2.24, 2.45) is 5.73 Å². The zero-order valence-corrected chi connectivity index (χ0v) is 11.4. The molecular weight excluding hydrogens is 262 g/mol. The second-order valence-electron chi connectivity index (χ2n) is 4.78. The van der Waals surface area contributed by atoms with Crippen molar-refractivity contribution in [3.63, 3.8) is 0 Å². The van der Waals surface area contributed by atoms with E-state index < -0.39 is 0 Å². The summed E-state index contributed by atoms with van der Waals surface area (Å²) in [5.74, 6) is -0.175. The highest BCUT2D eigenvalue weighted by molar-refractivity contribution is 7.80. The normalized spacial score (nSPS) is 15.4. The third-order valence-electron chi connectivity index (χ3n) is 3.37. The van der Waals surface area contributed by atoms with Gasteiger partial charge in [-0.3, -0.25) is 9.59 Å². The van der Waals surface area contributed by atoms with Crippen LogP contribution in [0.15, 0.2) is 23.1 Å². The van der Waals surface area contributed by atoms with Crippen LogP contribution >= 0.6 is 12.2 Å². The predicted octanol–water partition coefficient (Wildman–Crippen LogP) is 1.05. The largest absolute Gasteiger partial charge is 0.392 e. The van der Waals surface area contributed by atoms with Gasteiger partial charge in [-0.2, -0.15) is 0 Å². The lowest BCUT2D eigenvalue weighted by Gasteiger charge is -2.28. The Hall–Kier alpha value is -1.69. The van der Waals surface area contributed by atoms with Crippen LogP contribution in [-0.2, 0) is 0 Å². The molecule has 0 aliphatic heterocycles. The molecular formula is C13H17N3O2S. The number of rotatable bonds is 4. The summed E-state index contributed by atoms with van der Waals surface area (Å²) >= 11 is 4.92. The molecule has 6 heteroatoms. The maximum Gasteiger partial charge on any atom is 0.254 e. The molecule has 0 radical (unpaired) electrons. The van der Waals surface area contributed by atoms with Crippen molar-refractivity contribution in [2.45, 2.75) is 31.7 Å². The molecule has 1 aliphatic rings. The number of aromatic amines is 1. The molecule has 19 heavy (non-hydrogen) atoms. The van der Waals surface area contributed by atoms with E-state index >= 15 is 0 Å². The summed E-state index contributed by atoms with van der Waals surface area (Å²) in [4.78, 5) is 28.3. The summed E-state index contributed by atoms with van der Waals surface area (Å²) in [5, 5.41) is 0. The summed E-state index contributed by atoms with van der Waals surface area (Å²) in [6.07, 6.45) is 5.64. The van der Waals surface area contributed by atoms with Crippen LogP contribution in [0, 0.1) is 0 Å². The standard InChI is InChI=1S/C13H17N3O2S/c14-11(19)8-16(10-3-1-2-4-10)13(18)9-5-6-15-12(17)7-9/h5-7,10H,1-4,8H2,(H2,14,19)(H,15,17). The lowest BCUT2D eigenvalue weighted by molar-refractivity contribution is 0.0714. The summed E-state index contributed by atoms with van der Waals surface area (Å²) in [5.41, 5.74) is 5.67. The van der Waals surface area contributed by atoms with Crippen molar-refractivity contribution < 1.29 is 4.79 Å². The second kappa shape index (κ2) is 5.97. The fourth-order valence-electron chi connectivity index (χ4n) is 2.49. The molecule has 2 rings (SSSR count). The first-order valence-corrected chi connectivity index (χ1v) is 6.77. The molecule has 1 aromatic heterocycles. The van der Waals surface area contributed by atoms with E-state index in [2.05, 4.69) is 4.98 Å². The second-order valence-corrected chi connectivity index (χ2v) is 5.30. The zero-order chi connectivity index (χ0) is 13.8. The van der Waals surface area contributed by atoms with Gasteiger partial charge in [-0.15, -0.1) is 0 Å². The number of hydrogen-bond donors (Lipinski definition) is 2. The van der Waals surface area contributed by atoms with Crippen LogP contribution in [0.5, 0.6) is 0 Å². The third kappa shape index (κ3) is 3.41. The number of nitrogens with zero attached hydrogens (tertiary/aromatic N) is 1. The molecule has 0 bridgehead atoms. The number of hydrogen-bond acceptors (Lipinski definition) is 3. The maximum atomic E-state index is 12.5. The van der Waals surface area contributed by atoms with Gasteiger partial charge in [-0.1, -0.05) is 25.1 Å². The Morgan fingerprint density at radius 3 is 2.74 bits per heavy atom. The van der Waals surface area contributed by atoms with Gasteiger partial charge in [0.25, 0.3) is 5.91 Å². The first kappa shape index (κ1) is 13.7. The molecule has 0 spiro atoms. The fraction of sp³-hybridized carbons (Fsp3) is 0.462. The van der Waals surface area contributed by atoms with Gasteiger partial charge in [0.2, 0.25) is 5.56 Å². The molecule has 1 heterocycles. The number of carbonyl (C=O) groups is 1. The minimum atomic E-state index is -0.285. The number of pyridine rings is 1. The smallest absolute Gasteiger partial charge is 0.254 e. The molecule has 5 nitrogen and oxygen atoms in total. The van der Waals surface area contributed by atoms with E-state index in [0.29, 0.717) is 10.6 Å². The van der Waals surface area contributed by atoms with Gasteiger partial charge in [0.1, 0.15) is 0 Å². The maximum absolute atomic E-state index is 12.5. The number of amides is 1. The van der Waals surface area contributed by atoms with Gasteiger partial charge in [-0.05, 0) is 18.9 Å². The SMILES string of the molecule is NC(=S)CN(C(=O)c1cc[nH]c(=O)c1)C1CCCC1. The fourth-order valence-corrected chi connectivity index (χ4v) is 2.63. The number of carbonyl (C=O) groups excluding carboxylic acids is 1. The highest BCUT2D eigenvalue weighted by Crippen LogP contribution is 2.24. The Balaban J connectivity index is 2.24. The zero-order valence-electron chi connectivity index (χ0n) is 10.6. The predicted molar refractivity (Wildman–Crippen MR) is 77.1 cm³/mol. The van der Waals surface area contributed by atoms with Gasteiger partial charge < -0.3 is 15.6 Å². The molecule has 0 unspecified atom stereocenters. The molecule has 1 saturated carbocycles. The topological polar surface area (TPSA) is 79.2 Å². The van der Waals surface area contributed by atoms with Crippen LogP contribution in [-0.4, -0.2) is 33.4 Å². The Morgan fingerprint density at radius 1 is 1.47 bits per heavy atom. The van der Waals surface area contributed by atoms with Crippen molar-refractivity contribution in [3.8, 4) is 0 Å². The number of thiocarbonyl (C=S) groups is 1. The quantitative estimate of drug-likeness (QED) is 0.807. The Kier molecular flexibility index (Phi) is 4.31. The van der Waals surface area contributed by atoms with Crippen molar-refractivity contribution >= 4 is 23.1 Å². The molecule has 102 valence electrons. The van der Waals surface area contributed by atoms with Crippen molar-refractivity contribution in [1.82, 2.24) is 9.88 Å². The van der Waals surface area contributed by atoms with Crippen LogP contribution in [0.3, 0.4) is 0 Å². The van der Waals surface area contributed by atoms with E-state index in [4.69, 9.17) is 18.0 Å². The molecule has 3 N–H and O–H groups in total. The average molecular weight is 279 g/mol. The molecule has 0 aromatic carbocycles. The average Bonchev–Trinajstić information content (AvgIpc) is 2.88. The molecule has 1 amide bonds. The summed E-state index contributed by atoms with van der Waals surface area (Å²) in [7, 11) is 0. The van der Waals surface area contributed by atoms with Crippen molar-refractivity contribution in [1.29, 1.82) is 0 Å². The lowest BCUT2D eigenvalue weighted by Crippen LogP contribution is -2.43. The highest BCUT2D eigenvalue weighted by Gasteiger charge is 2.27. The van der Waals surface area contributed by atoms with E-state index in [0.717, 1.165) is 25.7 Å². The number of aromatic nitrogens is 1. The summed E-state index contributed by atoms with van der Waals surface area (Å²) in [6.45, 7) is 0.269. The number of nitrogens with two attached hydrogens (primary N) is 1. The monoisotopic (exact) mass is 279 g/mol. The van der Waals surface area contributed by atoms with E-state index in [1.807, 2.05) is 0 Å². The third-order valence-corrected chi connectivity index (χ3v) is 3.50. The Bertz CT molecular complexity index is 535. The van der Waals surface area contributed by atoms with Gasteiger partial charge in [0, 0.05) is 23.9 Å². The first-order valence-electron chi connectivity index (χ1n) is 6.36.